The summed E-state index contributed by atoms with van der Waals surface area (Å²) in [7, 11) is 1.97. The number of hydrogen-bond acceptors (Lipinski definition) is 3. The summed E-state index contributed by atoms with van der Waals surface area (Å²) in [5.41, 5.74) is 1.53. The summed E-state index contributed by atoms with van der Waals surface area (Å²) in [6.07, 6.45) is 6.42. The van der Waals surface area contributed by atoms with Gasteiger partial charge < -0.3 is 10.2 Å². The third-order valence-corrected chi connectivity index (χ3v) is 3.79. The molecule has 0 spiro atoms. The Bertz CT molecular complexity index is 341. The number of rotatable bonds is 3. The summed E-state index contributed by atoms with van der Waals surface area (Å²) in [6, 6.07) is 0. The Morgan fingerprint density at radius 1 is 1.44 bits per heavy atom. The normalized spacial score (nSPS) is 20.1. The number of nitrogens with zero attached hydrogens (tertiary/aromatic N) is 3. The summed E-state index contributed by atoms with van der Waals surface area (Å²) >= 11 is 0. The van der Waals surface area contributed by atoms with Crippen LogP contribution in [0.15, 0.2) is 12.4 Å². The third-order valence-electron chi connectivity index (χ3n) is 3.79. The number of aryl methyl sites for hydroxylation is 1. The first kappa shape index (κ1) is 11.5. The fourth-order valence-electron chi connectivity index (χ4n) is 2.47. The lowest BCUT2D eigenvalue weighted by Crippen LogP contribution is -2.60. The maximum absolute atomic E-state index is 4.25. The Balaban J connectivity index is 2.12. The molecule has 0 atom stereocenters. The average Bonchev–Trinajstić information content (AvgIpc) is 2.76. The zero-order valence-corrected chi connectivity index (χ0v) is 10.5. The van der Waals surface area contributed by atoms with Gasteiger partial charge in [0.25, 0.3) is 0 Å². The minimum atomic E-state index is 0.286. The Hall–Kier alpha value is -1.03. The van der Waals surface area contributed by atoms with E-state index in [1.165, 1.54) is 18.5 Å². The van der Waals surface area contributed by atoms with Crippen molar-refractivity contribution in [3.63, 3.8) is 0 Å². The molecule has 0 amide bonds. The van der Waals surface area contributed by atoms with Gasteiger partial charge in [-0.15, -0.1) is 0 Å². The van der Waals surface area contributed by atoms with E-state index in [4.69, 9.17) is 0 Å². The van der Waals surface area contributed by atoms with Crippen LogP contribution in [0.4, 0.5) is 5.69 Å². The molecule has 1 saturated heterocycles. The van der Waals surface area contributed by atoms with Crippen molar-refractivity contribution in [1.82, 2.24) is 15.1 Å². The lowest BCUT2D eigenvalue weighted by atomic mass is 9.90. The van der Waals surface area contributed by atoms with Crippen molar-refractivity contribution >= 4 is 5.69 Å². The first-order chi connectivity index (χ1) is 7.69. The van der Waals surface area contributed by atoms with Crippen LogP contribution in [0.3, 0.4) is 0 Å². The maximum Gasteiger partial charge on any atom is 0.0753 e. The van der Waals surface area contributed by atoms with Crippen molar-refractivity contribution in [1.29, 1.82) is 0 Å². The molecule has 4 nitrogen and oxygen atoms in total. The molecule has 1 aromatic rings. The molecule has 1 aliphatic heterocycles. The van der Waals surface area contributed by atoms with Gasteiger partial charge in [0.05, 0.1) is 11.9 Å². The monoisotopic (exact) mass is 222 g/mol. The van der Waals surface area contributed by atoms with Gasteiger partial charge in [0.1, 0.15) is 0 Å². The van der Waals surface area contributed by atoms with Gasteiger partial charge in [-0.3, -0.25) is 4.68 Å². The Morgan fingerprint density at radius 3 is 2.75 bits per heavy atom. The van der Waals surface area contributed by atoms with Crippen LogP contribution in [-0.2, 0) is 7.05 Å². The molecule has 1 aromatic heterocycles. The van der Waals surface area contributed by atoms with E-state index in [0.29, 0.717) is 0 Å². The van der Waals surface area contributed by atoms with Gasteiger partial charge in [0.2, 0.25) is 0 Å². The van der Waals surface area contributed by atoms with Crippen molar-refractivity contribution in [2.45, 2.75) is 32.2 Å². The minimum absolute atomic E-state index is 0.286. The van der Waals surface area contributed by atoms with Gasteiger partial charge in [0.15, 0.2) is 0 Å². The van der Waals surface area contributed by atoms with Crippen LogP contribution in [0.25, 0.3) is 0 Å². The molecule has 0 radical (unpaired) electrons. The Morgan fingerprint density at radius 2 is 2.19 bits per heavy atom. The van der Waals surface area contributed by atoms with Crippen LogP contribution in [0.2, 0.25) is 0 Å². The van der Waals surface area contributed by atoms with E-state index in [9.17, 15) is 0 Å². The quantitative estimate of drug-likeness (QED) is 0.839. The highest BCUT2D eigenvalue weighted by atomic mass is 15.3. The summed E-state index contributed by atoms with van der Waals surface area (Å²) < 4.78 is 1.87. The average molecular weight is 222 g/mol. The highest BCUT2D eigenvalue weighted by Gasteiger charge is 2.32. The van der Waals surface area contributed by atoms with E-state index in [1.807, 2.05) is 17.9 Å². The topological polar surface area (TPSA) is 33.1 Å². The zero-order chi connectivity index (χ0) is 11.6. The van der Waals surface area contributed by atoms with Gasteiger partial charge in [-0.2, -0.15) is 5.10 Å². The summed E-state index contributed by atoms with van der Waals surface area (Å²) in [6.45, 7) is 7.77. The Kier molecular flexibility index (Phi) is 3.19. The standard InChI is InChI=1S/C12H22N4/c1-4-12(5-2)10-16(7-6-13-12)11-8-14-15(3)9-11/h8-9,13H,4-7,10H2,1-3H3. The van der Waals surface area contributed by atoms with E-state index in [2.05, 4.69) is 35.4 Å². The molecule has 2 heterocycles. The summed E-state index contributed by atoms with van der Waals surface area (Å²) in [4.78, 5) is 2.44. The van der Waals surface area contributed by atoms with Crippen LogP contribution >= 0.6 is 0 Å². The summed E-state index contributed by atoms with van der Waals surface area (Å²) in [5.74, 6) is 0. The van der Waals surface area contributed by atoms with Gasteiger partial charge in [-0.25, -0.2) is 0 Å². The molecule has 4 heteroatoms. The van der Waals surface area contributed by atoms with Crippen molar-refractivity contribution in [2.24, 2.45) is 7.05 Å². The molecule has 0 unspecified atom stereocenters. The zero-order valence-electron chi connectivity index (χ0n) is 10.5. The van der Waals surface area contributed by atoms with Crippen molar-refractivity contribution in [2.75, 3.05) is 24.5 Å². The minimum Gasteiger partial charge on any atom is -0.366 e. The van der Waals surface area contributed by atoms with E-state index in [0.717, 1.165) is 19.6 Å². The molecule has 1 N–H and O–H groups in total. The van der Waals surface area contributed by atoms with Crippen LogP contribution < -0.4 is 10.2 Å². The van der Waals surface area contributed by atoms with Crippen LogP contribution in [-0.4, -0.2) is 35.0 Å². The smallest absolute Gasteiger partial charge is 0.0753 e. The second-order valence-corrected chi connectivity index (χ2v) is 4.71. The summed E-state index contributed by atoms with van der Waals surface area (Å²) in [5, 5.41) is 7.92. The third kappa shape index (κ3) is 2.07. The molecule has 1 aliphatic rings. The molecule has 1 fully saturated rings. The largest absolute Gasteiger partial charge is 0.366 e. The molecular weight excluding hydrogens is 200 g/mol. The van der Waals surface area contributed by atoms with Gasteiger partial charge in [-0.1, -0.05) is 13.8 Å². The molecule has 16 heavy (non-hydrogen) atoms. The van der Waals surface area contributed by atoms with E-state index >= 15 is 0 Å². The van der Waals surface area contributed by atoms with E-state index in [-0.39, 0.29) is 5.54 Å². The number of hydrogen-bond donors (Lipinski definition) is 1. The van der Waals surface area contributed by atoms with Crippen molar-refractivity contribution in [3.05, 3.63) is 12.4 Å². The molecule has 2 rings (SSSR count). The molecule has 0 saturated carbocycles. The molecule has 0 bridgehead atoms. The predicted octanol–water partition coefficient (Wildman–Crippen LogP) is 1.39. The van der Waals surface area contributed by atoms with E-state index < -0.39 is 0 Å². The van der Waals surface area contributed by atoms with Gasteiger partial charge in [0, 0.05) is 38.4 Å². The van der Waals surface area contributed by atoms with E-state index in [1.54, 1.807) is 0 Å². The molecule has 0 aromatic carbocycles. The fourth-order valence-corrected chi connectivity index (χ4v) is 2.47. The SMILES string of the molecule is CCC1(CC)CN(c2cnn(C)c2)CCN1. The van der Waals surface area contributed by atoms with Gasteiger partial charge in [-0.05, 0) is 12.8 Å². The van der Waals surface area contributed by atoms with Crippen molar-refractivity contribution < 1.29 is 0 Å². The van der Waals surface area contributed by atoms with Crippen LogP contribution in [0.5, 0.6) is 0 Å². The highest BCUT2D eigenvalue weighted by molar-refractivity contribution is 5.43. The first-order valence-electron chi connectivity index (χ1n) is 6.18. The highest BCUT2D eigenvalue weighted by Crippen LogP contribution is 2.23. The Labute approximate surface area is 97.6 Å². The number of aromatic nitrogens is 2. The second kappa shape index (κ2) is 4.45. The van der Waals surface area contributed by atoms with Crippen molar-refractivity contribution in [3.8, 4) is 0 Å². The second-order valence-electron chi connectivity index (χ2n) is 4.71. The first-order valence-corrected chi connectivity index (χ1v) is 6.18. The number of anilines is 1. The molecular formula is C12H22N4. The number of nitrogens with one attached hydrogen (secondary N) is 1. The van der Waals surface area contributed by atoms with Gasteiger partial charge >= 0.3 is 0 Å². The van der Waals surface area contributed by atoms with Crippen LogP contribution in [0.1, 0.15) is 26.7 Å². The fraction of sp³-hybridized carbons (Fsp3) is 0.750. The van der Waals surface area contributed by atoms with Crippen LogP contribution in [0, 0.1) is 0 Å². The number of piperazine rings is 1. The molecule has 90 valence electrons. The lowest BCUT2D eigenvalue weighted by Gasteiger charge is -2.43. The predicted molar refractivity (Wildman–Crippen MR) is 66.7 cm³/mol. The molecule has 0 aliphatic carbocycles. The lowest BCUT2D eigenvalue weighted by molar-refractivity contribution is 0.277. The maximum atomic E-state index is 4.25.